The van der Waals surface area contributed by atoms with Gasteiger partial charge in [-0.15, -0.1) is 0 Å². The van der Waals surface area contributed by atoms with Gasteiger partial charge in [0.25, 0.3) is 0 Å². The molecule has 47 heavy (non-hydrogen) atoms. The number of rotatable bonds is 9. The molecule has 0 bridgehead atoms. The summed E-state index contributed by atoms with van der Waals surface area (Å²) in [6.07, 6.45) is 0.427. The van der Waals surface area contributed by atoms with Crippen molar-refractivity contribution in [1.82, 2.24) is 15.6 Å². The van der Waals surface area contributed by atoms with E-state index in [1.807, 2.05) is 0 Å². The minimum atomic E-state index is -3.86. The minimum absolute atomic E-state index is 0.0548. The number of aromatic amines is 1. The molecule has 1 spiro atoms. The lowest BCUT2D eigenvalue weighted by Crippen LogP contribution is -2.41. The molecule has 3 atom stereocenters. The summed E-state index contributed by atoms with van der Waals surface area (Å²) in [7, 11) is -3.86. The number of halogens is 1. The van der Waals surface area contributed by atoms with Gasteiger partial charge in [-0.2, -0.15) is 0 Å². The molecule has 5 rings (SSSR count). The van der Waals surface area contributed by atoms with Crippen molar-refractivity contribution in [2.75, 3.05) is 26.2 Å². The number of hydrogen-bond acceptors (Lipinski definition) is 9. The first-order valence-electron chi connectivity index (χ1n) is 15.9. The lowest BCUT2D eigenvalue weighted by atomic mass is 9.80. The number of hydrogen-bond donors (Lipinski definition) is 4. The molecule has 0 aliphatic carbocycles. The number of ether oxygens (including phenoxy) is 3. The number of carbonyl (C=O) groups excluding carboxylic acids is 1. The highest BCUT2D eigenvalue weighted by molar-refractivity contribution is 7.92. The van der Waals surface area contributed by atoms with Gasteiger partial charge in [-0.3, -0.25) is 4.79 Å². The van der Waals surface area contributed by atoms with E-state index in [0.29, 0.717) is 37.9 Å². The van der Waals surface area contributed by atoms with Crippen LogP contribution in [-0.2, 0) is 19.3 Å². The number of aliphatic hydroxyl groups excluding tert-OH is 1. The fourth-order valence-corrected chi connectivity index (χ4v) is 7.70. The highest BCUT2D eigenvalue weighted by atomic mass is 32.2. The summed E-state index contributed by atoms with van der Waals surface area (Å²) in [4.78, 5) is 29.0. The molecule has 2 aliphatic heterocycles. The Morgan fingerprint density at radius 1 is 1.17 bits per heavy atom. The first-order chi connectivity index (χ1) is 22.1. The van der Waals surface area contributed by atoms with Crippen LogP contribution in [0.4, 0.5) is 9.18 Å². The number of sulfone groups is 1. The Hall–Kier alpha value is -3.52. The van der Waals surface area contributed by atoms with Gasteiger partial charge in [-0.1, -0.05) is 12.1 Å². The maximum atomic E-state index is 14.6. The summed E-state index contributed by atoms with van der Waals surface area (Å²) in [5.41, 5.74) is -1.08. The molecule has 3 heterocycles. The number of pyridine rings is 1. The number of alkyl carbamates (subject to hydrolysis) is 1. The van der Waals surface area contributed by atoms with Crippen molar-refractivity contribution in [1.29, 1.82) is 0 Å². The summed E-state index contributed by atoms with van der Waals surface area (Å²) in [6, 6.07) is 9.03. The van der Waals surface area contributed by atoms with E-state index in [1.165, 1.54) is 24.4 Å². The summed E-state index contributed by atoms with van der Waals surface area (Å²) < 4.78 is 60.5. The van der Waals surface area contributed by atoms with Gasteiger partial charge in [0, 0.05) is 28.6 Å². The average molecular weight is 674 g/mol. The van der Waals surface area contributed by atoms with Gasteiger partial charge in [0.1, 0.15) is 29.9 Å². The van der Waals surface area contributed by atoms with E-state index < -0.39 is 61.8 Å². The molecular formula is C34H44FN3O8S. The van der Waals surface area contributed by atoms with Crippen LogP contribution in [0.2, 0.25) is 0 Å². The SMILES string of the molecule is CC(C)S(=O)(=O)c1cccc(OC[C@@H](O)CNC(=O)OC(C)(C)C)c1[C@H]1CC2(CCNCC2)O[C@H]1c1c[nH]c2c(F)cccc2c1=O. The van der Waals surface area contributed by atoms with Crippen LogP contribution in [0, 0.1) is 5.82 Å². The largest absolute Gasteiger partial charge is 0.490 e. The standard InChI is InChI=1S/C34H44FN3O8S/c1-20(2)47(42,43)27-11-7-10-26(44-19-21(39)17-38-32(41)46-33(3,4)5)28(27)23-16-34(12-14-36-15-13-34)45-31(23)24-18-37-29-22(30(24)40)8-6-9-25(29)35/h6-11,18,20-21,23,31,36,39H,12-17,19H2,1-5H3,(H,37,40)(H,38,41)/t21-,23+,31+/m0/s1. The Balaban J connectivity index is 1.57. The Morgan fingerprint density at radius 2 is 1.87 bits per heavy atom. The zero-order chi connectivity index (χ0) is 34.1. The Bertz CT molecular complexity index is 1780. The van der Waals surface area contributed by atoms with Crippen molar-refractivity contribution >= 4 is 26.8 Å². The van der Waals surface area contributed by atoms with E-state index in [9.17, 15) is 27.5 Å². The Labute approximate surface area is 274 Å². The third-order valence-corrected chi connectivity index (χ3v) is 10.9. The molecule has 2 aromatic carbocycles. The molecule has 11 nitrogen and oxygen atoms in total. The lowest BCUT2D eigenvalue weighted by Gasteiger charge is -2.33. The van der Waals surface area contributed by atoms with Gasteiger partial charge in [0.2, 0.25) is 0 Å². The number of H-pyrrole nitrogens is 1. The third-order valence-electron chi connectivity index (χ3n) is 8.68. The summed E-state index contributed by atoms with van der Waals surface area (Å²) in [5.74, 6) is -0.985. The molecule has 3 aromatic rings. The van der Waals surface area contributed by atoms with Crippen LogP contribution in [0.5, 0.6) is 5.75 Å². The Morgan fingerprint density at radius 3 is 2.55 bits per heavy atom. The fraction of sp³-hybridized carbons (Fsp3) is 0.529. The number of aliphatic hydroxyl groups is 1. The minimum Gasteiger partial charge on any atom is -0.490 e. The highest BCUT2D eigenvalue weighted by Gasteiger charge is 2.50. The van der Waals surface area contributed by atoms with E-state index in [-0.39, 0.29) is 40.3 Å². The summed E-state index contributed by atoms with van der Waals surface area (Å²) >= 11 is 0. The smallest absolute Gasteiger partial charge is 0.407 e. The van der Waals surface area contributed by atoms with Crippen molar-refractivity contribution in [3.8, 4) is 5.75 Å². The van der Waals surface area contributed by atoms with Crippen LogP contribution < -0.4 is 20.8 Å². The molecular weight excluding hydrogens is 629 g/mol. The van der Waals surface area contributed by atoms with E-state index in [1.54, 1.807) is 52.8 Å². The van der Waals surface area contributed by atoms with Crippen LogP contribution in [-0.4, -0.2) is 73.4 Å². The second-order valence-electron chi connectivity index (χ2n) is 13.6. The van der Waals surface area contributed by atoms with E-state index in [0.717, 1.165) is 0 Å². The number of nitrogens with one attached hydrogen (secondary N) is 3. The normalized spacial score (nSPS) is 20.4. The summed E-state index contributed by atoms with van der Waals surface area (Å²) in [5, 5.41) is 15.9. The van der Waals surface area contributed by atoms with E-state index >= 15 is 0 Å². The molecule has 1 amide bonds. The maximum Gasteiger partial charge on any atom is 0.407 e. The first-order valence-corrected chi connectivity index (χ1v) is 17.5. The third kappa shape index (κ3) is 7.48. The van der Waals surface area contributed by atoms with Crippen LogP contribution in [0.15, 0.2) is 52.3 Å². The maximum absolute atomic E-state index is 14.6. The molecule has 2 saturated heterocycles. The van der Waals surface area contributed by atoms with Gasteiger partial charge < -0.3 is 34.9 Å². The van der Waals surface area contributed by atoms with Gasteiger partial charge in [0.15, 0.2) is 15.3 Å². The number of fused-ring (bicyclic) bond motifs is 1. The predicted molar refractivity (Wildman–Crippen MR) is 175 cm³/mol. The van der Waals surface area contributed by atoms with Gasteiger partial charge in [-0.05, 0) is 91.2 Å². The second-order valence-corrected chi connectivity index (χ2v) is 16.1. The average Bonchev–Trinajstić information content (AvgIpc) is 3.36. The van der Waals surface area contributed by atoms with Crippen molar-refractivity contribution in [2.45, 2.75) is 93.4 Å². The van der Waals surface area contributed by atoms with Crippen LogP contribution >= 0.6 is 0 Å². The number of para-hydroxylation sites is 1. The van der Waals surface area contributed by atoms with Gasteiger partial charge >= 0.3 is 6.09 Å². The molecule has 0 saturated carbocycles. The molecule has 4 N–H and O–H groups in total. The Kier molecular flexibility index (Phi) is 10.0. The topological polar surface area (TPSA) is 156 Å². The lowest BCUT2D eigenvalue weighted by molar-refractivity contribution is -0.0622. The second kappa shape index (κ2) is 13.5. The van der Waals surface area contributed by atoms with E-state index in [2.05, 4.69) is 15.6 Å². The van der Waals surface area contributed by atoms with Crippen molar-refractivity contribution in [3.63, 3.8) is 0 Å². The highest BCUT2D eigenvalue weighted by Crippen LogP contribution is 2.55. The number of carbonyl (C=O) groups is 1. The number of aromatic nitrogens is 1. The van der Waals surface area contributed by atoms with Crippen molar-refractivity contribution in [3.05, 3.63) is 69.8 Å². The molecule has 13 heteroatoms. The van der Waals surface area contributed by atoms with Crippen LogP contribution in [0.3, 0.4) is 0 Å². The summed E-state index contributed by atoms with van der Waals surface area (Å²) in [6.45, 7) is 9.31. The van der Waals surface area contributed by atoms with Crippen LogP contribution in [0.25, 0.3) is 10.9 Å². The molecule has 2 aliphatic rings. The van der Waals surface area contributed by atoms with Crippen LogP contribution in [0.1, 0.15) is 77.0 Å². The molecule has 0 radical (unpaired) electrons. The predicted octanol–water partition coefficient (Wildman–Crippen LogP) is 4.48. The zero-order valence-electron chi connectivity index (χ0n) is 27.4. The molecule has 0 unspecified atom stereocenters. The van der Waals surface area contributed by atoms with Crippen molar-refractivity contribution < 1.29 is 36.9 Å². The molecule has 256 valence electrons. The van der Waals surface area contributed by atoms with Gasteiger partial charge in [0.05, 0.1) is 33.9 Å². The first kappa shape index (κ1) is 34.8. The molecule has 1 aromatic heterocycles. The quantitative estimate of drug-likeness (QED) is 0.257. The van der Waals surface area contributed by atoms with Gasteiger partial charge in [-0.25, -0.2) is 17.6 Å². The monoisotopic (exact) mass is 673 g/mol. The zero-order valence-corrected chi connectivity index (χ0v) is 28.2. The number of benzene rings is 2. The molecule has 2 fully saturated rings. The number of amides is 1. The van der Waals surface area contributed by atoms with Crippen molar-refractivity contribution in [2.24, 2.45) is 0 Å². The fourth-order valence-electron chi connectivity index (χ4n) is 6.37. The number of piperidine rings is 1. The van der Waals surface area contributed by atoms with E-state index in [4.69, 9.17) is 14.2 Å².